The van der Waals surface area contributed by atoms with Gasteiger partial charge in [-0.2, -0.15) is 5.10 Å². The van der Waals surface area contributed by atoms with Gasteiger partial charge in [0, 0.05) is 10.9 Å². The number of methoxy groups -OCH3 is 1. The van der Waals surface area contributed by atoms with E-state index in [4.69, 9.17) is 9.47 Å². The number of allylic oxidation sites excluding steroid dienone is 1. The number of aromatic nitrogens is 1. The van der Waals surface area contributed by atoms with Crippen LogP contribution in [0.2, 0.25) is 0 Å². The normalized spacial score (nSPS) is 10.7. The van der Waals surface area contributed by atoms with Crippen LogP contribution in [0.5, 0.6) is 11.5 Å². The minimum Gasteiger partial charge on any atom is -0.493 e. The Morgan fingerprint density at radius 3 is 2.87 bits per heavy atom. The molecule has 1 heterocycles. The Morgan fingerprint density at radius 2 is 2.26 bits per heavy atom. The van der Waals surface area contributed by atoms with Gasteiger partial charge in [0.05, 0.1) is 25.6 Å². The van der Waals surface area contributed by atoms with E-state index < -0.39 is 0 Å². The molecule has 0 saturated heterocycles. The van der Waals surface area contributed by atoms with Crippen molar-refractivity contribution in [2.24, 2.45) is 5.10 Å². The monoisotopic (exact) mass is 331 g/mol. The van der Waals surface area contributed by atoms with Gasteiger partial charge in [-0.25, -0.2) is 4.98 Å². The molecule has 122 valence electrons. The number of ether oxygens (including phenoxy) is 2. The second kappa shape index (κ2) is 8.33. The van der Waals surface area contributed by atoms with Crippen molar-refractivity contribution in [1.82, 2.24) is 4.98 Å². The molecule has 0 amide bonds. The van der Waals surface area contributed by atoms with Crippen LogP contribution in [0.3, 0.4) is 0 Å². The predicted octanol–water partition coefficient (Wildman–Crippen LogP) is 4.03. The third kappa shape index (κ3) is 4.56. The summed E-state index contributed by atoms with van der Waals surface area (Å²) in [6.07, 6.45) is 4.28. The highest BCUT2D eigenvalue weighted by Gasteiger charge is 2.11. The fraction of sp³-hybridized carbons (Fsp3) is 0.294. The summed E-state index contributed by atoms with van der Waals surface area (Å²) in [6, 6.07) is 3.93. The summed E-state index contributed by atoms with van der Waals surface area (Å²) in [5.74, 6) is 1.45. The maximum absolute atomic E-state index is 5.67. The maximum atomic E-state index is 5.67. The van der Waals surface area contributed by atoms with Crippen LogP contribution < -0.4 is 14.9 Å². The van der Waals surface area contributed by atoms with Gasteiger partial charge in [0.25, 0.3) is 0 Å². The van der Waals surface area contributed by atoms with Gasteiger partial charge in [-0.3, -0.25) is 5.43 Å². The fourth-order valence-corrected chi connectivity index (χ4v) is 2.76. The first-order valence-electron chi connectivity index (χ1n) is 7.33. The van der Waals surface area contributed by atoms with Crippen LogP contribution in [0, 0.1) is 6.92 Å². The molecule has 0 aliphatic heterocycles. The first kappa shape index (κ1) is 17.0. The molecule has 23 heavy (non-hydrogen) atoms. The molecule has 0 spiro atoms. The van der Waals surface area contributed by atoms with Gasteiger partial charge in [0.2, 0.25) is 5.13 Å². The Hall–Kier alpha value is -2.34. The zero-order chi connectivity index (χ0) is 16.7. The molecule has 0 atom stereocenters. The van der Waals surface area contributed by atoms with Gasteiger partial charge in [-0.15, -0.1) is 17.9 Å². The molecule has 0 fully saturated rings. The van der Waals surface area contributed by atoms with Gasteiger partial charge in [-0.05, 0) is 38.0 Å². The molecular formula is C17H21N3O2S. The largest absolute Gasteiger partial charge is 0.493 e. The van der Waals surface area contributed by atoms with Gasteiger partial charge in [0.1, 0.15) is 0 Å². The summed E-state index contributed by atoms with van der Waals surface area (Å²) in [5.41, 5.74) is 5.84. The van der Waals surface area contributed by atoms with Crippen molar-refractivity contribution in [1.29, 1.82) is 0 Å². The highest BCUT2D eigenvalue weighted by atomic mass is 32.1. The molecular weight excluding hydrogens is 310 g/mol. The molecule has 0 radical (unpaired) electrons. The molecule has 2 rings (SSSR count). The molecule has 1 aromatic heterocycles. The van der Waals surface area contributed by atoms with Crippen molar-refractivity contribution in [2.45, 2.75) is 20.3 Å². The summed E-state index contributed by atoms with van der Waals surface area (Å²) >= 11 is 1.52. The van der Waals surface area contributed by atoms with Gasteiger partial charge >= 0.3 is 0 Å². The van der Waals surface area contributed by atoms with E-state index in [9.17, 15) is 0 Å². The fourth-order valence-electron chi connectivity index (χ4n) is 2.13. The van der Waals surface area contributed by atoms with Crippen molar-refractivity contribution in [3.8, 4) is 11.5 Å². The number of hydrogen-bond acceptors (Lipinski definition) is 6. The number of aryl methyl sites for hydroxylation is 1. The number of hydrazone groups is 1. The summed E-state index contributed by atoms with van der Waals surface area (Å²) in [7, 11) is 1.64. The number of hydrogen-bond donors (Lipinski definition) is 1. The smallest absolute Gasteiger partial charge is 0.203 e. The summed E-state index contributed by atoms with van der Waals surface area (Å²) in [5, 5.41) is 6.97. The van der Waals surface area contributed by atoms with Crippen LogP contribution >= 0.6 is 11.3 Å². The molecule has 1 aromatic carbocycles. The molecule has 0 aliphatic rings. The standard InChI is InChI=1S/C17H21N3O2S/c1-5-7-14-8-13(9-15(22-6-2)16(14)21-4)10-18-20-17-19-12(3)11-23-17/h5,8-11H,1,6-7H2,2-4H3,(H,19,20). The molecule has 0 aliphatic carbocycles. The lowest BCUT2D eigenvalue weighted by Crippen LogP contribution is -2.01. The Bertz CT molecular complexity index is 695. The molecule has 5 nitrogen and oxygen atoms in total. The van der Waals surface area contributed by atoms with E-state index in [0.717, 1.165) is 27.7 Å². The Morgan fingerprint density at radius 1 is 1.43 bits per heavy atom. The SMILES string of the molecule is C=CCc1cc(C=NNc2nc(C)cs2)cc(OCC)c1OC. The van der Waals surface area contributed by atoms with Crippen molar-refractivity contribution >= 4 is 22.7 Å². The summed E-state index contributed by atoms with van der Waals surface area (Å²) in [4.78, 5) is 4.30. The lowest BCUT2D eigenvalue weighted by Gasteiger charge is -2.14. The first-order valence-corrected chi connectivity index (χ1v) is 8.21. The Balaban J connectivity index is 2.24. The molecule has 1 N–H and O–H groups in total. The predicted molar refractivity (Wildman–Crippen MR) is 96.1 cm³/mol. The number of benzene rings is 1. The summed E-state index contributed by atoms with van der Waals surface area (Å²) < 4.78 is 11.1. The highest BCUT2D eigenvalue weighted by molar-refractivity contribution is 7.13. The first-order chi connectivity index (χ1) is 11.2. The Kier molecular flexibility index (Phi) is 6.17. The Labute approximate surface area is 140 Å². The average molecular weight is 331 g/mol. The van der Waals surface area contributed by atoms with Crippen LogP contribution in [0.4, 0.5) is 5.13 Å². The van der Waals surface area contributed by atoms with E-state index in [1.54, 1.807) is 13.3 Å². The minimum absolute atomic E-state index is 0.571. The van der Waals surface area contributed by atoms with Crippen LogP contribution in [0.1, 0.15) is 23.7 Å². The average Bonchev–Trinajstić information content (AvgIpc) is 2.93. The van der Waals surface area contributed by atoms with Gasteiger partial charge in [-0.1, -0.05) is 6.08 Å². The number of nitrogens with one attached hydrogen (secondary N) is 1. The number of rotatable bonds is 8. The van der Waals surface area contributed by atoms with E-state index in [1.807, 2.05) is 37.4 Å². The van der Waals surface area contributed by atoms with Gasteiger partial charge in [0.15, 0.2) is 11.5 Å². The van der Waals surface area contributed by atoms with Crippen molar-refractivity contribution in [2.75, 3.05) is 19.1 Å². The van der Waals surface area contributed by atoms with Crippen molar-refractivity contribution in [3.63, 3.8) is 0 Å². The third-order valence-electron chi connectivity index (χ3n) is 3.02. The minimum atomic E-state index is 0.571. The molecule has 6 heteroatoms. The topological polar surface area (TPSA) is 55.7 Å². The van der Waals surface area contributed by atoms with E-state index in [-0.39, 0.29) is 0 Å². The maximum Gasteiger partial charge on any atom is 0.203 e. The molecule has 2 aromatic rings. The summed E-state index contributed by atoms with van der Waals surface area (Å²) in [6.45, 7) is 8.26. The van der Waals surface area contributed by atoms with Crippen LogP contribution in [0.25, 0.3) is 0 Å². The van der Waals surface area contributed by atoms with E-state index in [0.29, 0.717) is 18.8 Å². The lowest BCUT2D eigenvalue weighted by atomic mass is 10.1. The molecule has 0 bridgehead atoms. The zero-order valence-electron chi connectivity index (χ0n) is 13.6. The van der Waals surface area contributed by atoms with E-state index >= 15 is 0 Å². The van der Waals surface area contributed by atoms with Crippen LogP contribution in [-0.2, 0) is 6.42 Å². The number of thiazole rings is 1. The molecule has 0 saturated carbocycles. The van der Waals surface area contributed by atoms with Crippen molar-refractivity contribution < 1.29 is 9.47 Å². The van der Waals surface area contributed by atoms with E-state index in [2.05, 4.69) is 22.1 Å². The second-order valence-electron chi connectivity index (χ2n) is 4.80. The third-order valence-corrected chi connectivity index (χ3v) is 3.88. The second-order valence-corrected chi connectivity index (χ2v) is 5.66. The van der Waals surface area contributed by atoms with Crippen LogP contribution in [0.15, 0.2) is 35.3 Å². The zero-order valence-corrected chi connectivity index (χ0v) is 14.4. The van der Waals surface area contributed by atoms with Crippen LogP contribution in [-0.4, -0.2) is 24.9 Å². The molecule has 0 unspecified atom stereocenters. The van der Waals surface area contributed by atoms with Crippen molar-refractivity contribution in [3.05, 3.63) is 47.0 Å². The number of nitrogens with zero attached hydrogens (tertiary/aromatic N) is 2. The number of anilines is 1. The lowest BCUT2D eigenvalue weighted by molar-refractivity contribution is 0.309. The van der Waals surface area contributed by atoms with Gasteiger partial charge < -0.3 is 9.47 Å². The quantitative estimate of drug-likeness (QED) is 0.451. The highest BCUT2D eigenvalue weighted by Crippen LogP contribution is 2.33. The van der Waals surface area contributed by atoms with E-state index in [1.165, 1.54) is 11.3 Å².